The monoisotopic (exact) mass is 262 g/mol. The molecule has 0 aromatic heterocycles. The minimum Gasteiger partial charge on any atom is -0.125 e. The number of rotatable bonds is 2. The molecule has 0 saturated carbocycles. The van der Waals surface area contributed by atoms with Crippen LogP contribution in [0, 0.1) is 0 Å². The van der Waals surface area contributed by atoms with Crippen LogP contribution in [0.25, 0.3) is 11.1 Å². The predicted molar refractivity (Wildman–Crippen MR) is 74.1 cm³/mol. The van der Waals surface area contributed by atoms with Crippen LogP contribution in [0.15, 0.2) is 48.5 Å². The highest BCUT2D eigenvalue weighted by atomic mass is 35.5. The summed E-state index contributed by atoms with van der Waals surface area (Å²) in [6.45, 7) is 0. The standard InChI is InChI=1S/C15H12Cl2/c16-9-15(10-17)13-7-3-1-5-11(13)12-6-2-4-8-14(12)15/h1-8H,9-10H2. The average Bonchev–Trinajstić information content (AvgIpc) is 2.70. The smallest absolute Gasteiger partial charge is 0.0485 e. The fraction of sp³-hybridized carbons (Fsp3) is 0.200. The molecule has 0 heterocycles. The zero-order chi connectivity index (χ0) is 11.9. The topological polar surface area (TPSA) is 0 Å². The second kappa shape index (κ2) is 4.04. The van der Waals surface area contributed by atoms with Gasteiger partial charge in [0.25, 0.3) is 0 Å². The Balaban J connectivity index is 2.38. The number of halogens is 2. The average molecular weight is 263 g/mol. The molecule has 0 atom stereocenters. The summed E-state index contributed by atoms with van der Waals surface area (Å²) < 4.78 is 0. The van der Waals surface area contributed by atoms with E-state index in [2.05, 4.69) is 48.5 Å². The minimum atomic E-state index is -0.226. The van der Waals surface area contributed by atoms with E-state index in [0.717, 1.165) is 0 Å². The van der Waals surface area contributed by atoms with Crippen molar-refractivity contribution in [1.82, 2.24) is 0 Å². The van der Waals surface area contributed by atoms with Crippen LogP contribution >= 0.6 is 23.2 Å². The van der Waals surface area contributed by atoms with Crippen LogP contribution in [-0.2, 0) is 5.41 Å². The number of benzene rings is 2. The summed E-state index contributed by atoms with van der Waals surface area (Å²) in [4.78, 5) is 0. The van der Waals surface area contributed by atoms with Gasteiger partial charge < -0.3 is 0 Å². The number of hydrogen-bond donors (Lipinski definition) is 0. The third-order valence-corrected chi connectivity index (χ3v) is 4.54. The molecule has 86 valence electrons. The van der Waals surface area contributed by atoms with Crippen LogP contribution in [0.4, 0.5) is 0 Å². The van der Waals surface area contributed by atoms with E-state index in [1.807, 2.05) is 0 Å². The molecular formula is C15H12Cl2. The van der Waals surface area contributed by atoms with Gasteiger partial charge in [-0.1, -0.05) is 48.5 Å². The van der Waals surface area contributed by atoms with Gasteiger partial charge in [0, 0.05) is 17.2 Å². The maximum Gasteiger partial charge on any atom is 0.0485 e. The van der Waals surface area contributed by atoms with Crippen molar-refractivity contribution in [1.29, 1.82) is 0 Å². The quantitative estimate of drug-likeness (QED) is 0.703. The Kier molecular flexibility index (Phi) is 2.65. The molecule has 0 bridgehead atoms. The van der Waals surface area contributed by atoms with Crippen LogP contribution in [0.1, 0.15) is 11.1 Å². The minimum absolute atomic E-state index is 0.226. The summed E-state index contributed by atoms with van der Waals surface area (Å²) >= 11 is 12.5. The lowest BCUT2D eigenvalue weighted by Gasteiger charge is -2.26. The van der Waals surface area contributed by atoms with E-state index in [4.69, 9.17) is 23.2 Å². The molecule has 3 rings (SSSR count). The molecule has 0 amide bonds. The summed E-state index contributed by atoms with van der Waals surface area (Å²) in [5.41, 5.74) is 4.82. The first-order valence-electron chi connectivity index (χ1n) is 5.65. The molecule has 0 radical (unpaired) electrons. The van der Waals surface area contributed by atoms with Crippen LogP contribution in [-0.4, -0.2) is 11.8 Å². The molecule has 0 saturated heterocycles. The molecule has 1 aliphatic rings. The first-order valence-corrected chi connectivity index (χ1v) is 6.72. The van der Waals surface area contributed by atoms with Gasteiger partial charge in [0.2, 0.25) is 0 Å². The van der Waals surface area contributed by atoms with Crippen molar-refractivity contribution >= 4 is 23.2 Å². The summed E-state index contributed by atoms with van der Waals surface area (Å²) in [6, 6.07) is 16.8. The Morgan fingerprint density at radius 1 is 0.706 bits per heavy atom. The highest BCUT2D eigenvalue weighted by Crippen LogP contribution is 2.49. The van der Waals surface area contributed by atoms with Crippen LogP contribution < -0.4 is 0 Å². The molecule has 17 heavy (non-hydrogen) atoms. The highest BCUT2D eigenvalue weighted by Gasteiger charge is 2.41. The summed E-state index contributed by atoms with van der Waals surface area (Å²) in [5.74, 6) is 1.04. The summed E-state index contributed by atoms with van der Waals surface area (Å²) in [7, 11) is 0. The molecule has 0 fully saturated rings. The summed E-state index contributed by atoms with van der Waals surface area (Å²) in [5, 5.41) is 0. The van der Waals surface area contributed by atoms with E-state index in [0.29, 0.717) is 11.8 Å². The van der Waals surface area contributed by atoms with E-state index in [9.17, 15) is 0 Å². The molecule has 2 heteroatoms. The molecule has 0 aliphatic heterocycles. The highest BCUT2D eigenvalue weighted by molar-refractivity contribution is 6.23. The molecule has 0 nitrogen and oxygen atoms in total. The second-order valence-corrected chi connectivity index (χ2v) is 4.98. The normalized spacial score (nSPS) is 15.4. The van der Waals surface area contributed by atoms with Crippen molar-refractivity contribution < 1.29 is 0 Å². The van der Waals surface area contributed by atoms with E-state index in [1.165, 1.54) is 22.3 Å². The van der Waals surface area contributed by atoms with Gasteiger partial charge in [-0.15, -0.1) is 23.2 Å². The Morgan fingerprint density at radius 3 is 1.53 bits per heavy atom. The zero-order valence-electron chi connectivity index (χ0n) is 9.29. The van der Waals surface area contributed by atoms with Gasteiger partial charge in [-0.2, -0.15) is 0 Å². The molecule has 2 aromatic carbocycles. The fourth-order valence-corrected chi connectivity index (χ4v) is 3.60. The second-order valence-electron chi connectivity index (χ2n) is 4.44. The molecule has 0 spiro atoms. The van der Waals surface area contributed by atoms with E-state index in [1.54, 1.807) is 0 Å². The number of alkyl halides is 2. The van der Waals surface area contributed by atoms with Gasteiger partial charge in [-0.3, -0.25) is 0 Å². The Bertz CT molecular complexity index is 509. The van der Waals surface area contributed by atoms with E-state index >= 15 is 0 Å². The van der Waals surface area contributed by atoms with Gasteiger partial charge in [0.05, 0.1) is 0 Å². The lowest BCUT2D eigenvalue weighted by Crippen LogP contribution is -2.29. The number of fused-ring (bicyclic) bond motifs is 3. The van der Waals surface area contributed by atoms with Gasteiger partial charge in [0.1, 0.15) is 0 Å². The SMILES string of the molecule is ClCC1(CCl)c2ccccc2-c2ccccc21. The van der Waals surface area contributed by atoms with E-state index in [-0.39, 0.29) is 5.41 Å². The Morgan fingerprint density at radius 2 is 1.12 bits per heavy atom. The lowest BCUT2D eigenvalue weighted by atomic mass is 9.82. The lowest BCUT2D eigenvalue weighted by molar-refractivity contribution is 0.677. The van der Waals surface area contributed by atoms with Crippen molar-refractivity contribution in [3.8, 4) is 11.1 Å². The van der Waals surface area contributed by atoms with Crippen molar-refractivity contribution in [3.05, 3.63) is 59.7 Å². The fourth-order valence-electron chi connectivity index (χ4n) is 2.74. The van der Waals surface area contributed by atoms with Crippen LogP contribution in [0.5, 0.6) is 0 Å². The third-order valence-electron chi connectivity index (χ3n) is 3.63. The third kappa shape index (κ3) is 1.38. The Labute approximate surface area is 111 Å². The zero-order valence-corrected chi connectivity index (χ0v) is 10.8. The van der Waals surface area contributed by atoms with Gasteiger partial charge in [0.15, 0.2) is 0 Å². The van der Waals surface area contributed by atoms with E-state index < -0.39 is 0 Å². The first kappa shape index (κ1) is 11.1. The van der Waals surface area contributed by atoms with Crippen molar-refractivity contribution in [2.45, 2.75) is 5.41 Å². The molecule has 0 N–H and O–H groups in total. The summed E-state index contributed by atoms with van der Waals surface area (Å²) in [6.07, 6.45) is 0. The molecule has 0 unspecified atom stereocenters. The Hall–Kier alpha value is -0.980. The van der Waals surface area contributed by atoms with Crippen LogP contribution in [0.2, 0.25) is 0 Å². The van der Waals surface area contributed by atoms with Crippen molar-refractivity contribution in [2.24, 2.45) is 0 Å². The molecular weight excluding hydrogens is 251 g/mol. The van der Waals surface area contributed by atoms with Gasteiger partial charge in [-0.25, -0.2) is 0 Å². The van der Waals surface area contributed by atoms with Gasteiger partial charge in [-0.05, 0) is 22.3 Å². The van der Waals surface area contributed by atoms with Crippen molar-refractivity contribution in [2.75, 3.05) is 11.8 Å². The number of hydrogen-bond acceptors (Lipinski definition) is 0. The largest absolute Gasteiger partial charge is 0.125 e. The maximum atomic E-state index is 6.24. The van der Waals surface area contributed by atoms with Gasteiger partial charge >= 0.3 is 0 Å². The molecule has 2 aromatic rings. The first-order chi connectivity index (χ1) is 8.33. The van der Waals surface area contributed by atoms with Crippen LogP contribution in [0.3, 0.4) is 0 Å². The molecule has 1 aliphatic carbocycles. The predicted octanol–water partition coefficient (Wildman–Crippen LogP) is 4.43. The van der Waals surface area contributed by atoms with Crippen molar-refractivity contribution in [3.63, 3.8) is 0 Å². The maximum absolute atomic E-state index is 6.24.